The van der Waals surface area contributed by atoms with Gasteiger partial charge in [0.1, 0.15) is 0 Å². The van der Waals surface area contributed by atoms with Crippen molar-refractivity contribution in [1.82, 2.24) is 5.32 Å². The van der Waals surface area contributed by atoms with Crippen LogP contribution in [0.1, 0.15) is 38.3 Å². The number of rotatable bonds is 5. The van der Waals surface area contributed by atoms with Gasteiger partial charge in [0.2, 0.25) is 0 Å². The Morgan fingerprint density at radius 1 is 1.53 bits per heavy atom. The van der Waals surface area contributed by atoms with Gasteiger partial charge in [-0.3, -0.25) is 0 Å². The highest BCUT2D eigenvalue weighted by Crippen LogP contribution is 2.33. The zero-order valence-corrected chi connectivity index (χ0v) is 13.3. The normalized spacial score (nSPS) is 20.8. The summed E-state index contributed by atoms with van der Waals surface area (Å²) in [4.78, 5) is 2.31. The number of benzene rings is 1. The number of anilines is 1. The predicted molar refractivity (Wildman–Crippen MR) is 83.7 cm³/mol. The summed E-state index contributed by atoms with van der Waals surface area (Å²) in [5.74, 6) is 0. The SMILES string of the molecule is CCNC(C)c1ccc(N2CCCC2CO)c(Br)c1. The average Bonchev–Trinajstić information content (AvgIpc) is 2.87. The van der Waals surface area contributed by atoms with Crippen molar-refractivity contribution in [1.29, 1.82) is 0 Å². The molecule has 2 unspecified atom stereocenters. The molecule has 106 valence electrons. The van der Waals surface area contributed by atoms with E-state index in [0.29, 0.717) is 6.04 Å². The van der Waals surface area contributed by atoms with Crippen LogP contribution >= 0.6 is 15.9 Å². The van der Waals surface area contributed by atoms with Gasteiger partial charge in [0, 0.05) is 17.1 Å². The summed E-state index contributed by atoms with van der Waals surface area (Å²) in [6.07, 6.45) is 2.24. The van der Waals surface area contributed by atoms with Gasteiger partial charge in [0.25, 0.3) is 0 Å². The minimum absolute atomic E-state index is 0.238. The Morgan fingerprint density at radius 2 is 2.32 bits per heavy atom. The van der Waals surface area contributed by atoms with Crippen molar-refractivity contribution in [3.8, 4) is 0 Å². The van der Waals surface area contributed by atoms with Gasteiger partial charge in [-0.2, -0.15) is 0 Å². The van der Waals surface area contributed by atoms with Crippen molar-refractivity contribution >= 4 is 21.6 Å². The summed E-state index contributed by atoms with van der Waals surface area (Å²) < 4.78 is 1.12. The summed E-state index contributed by atoms with van der Waals surface area (Å²) in [5, 5.41) is 12.9. The van der Waals surface area contributed by atoms with E-state index in [1.165, 1.54) is 11.3 Å². The summed E-state index contributed by atoms with van der Waals surface area (Å²) >= 11 is 3.68. The van der Waals surface area contributed by atoms with Crippen molar-refractivity contribution in [2.75, 3.05) is 24.6 Å². The second-order valence-electron chi connectivity index (χ2n) is 5.16. The first-order chi connectivity index (χ1) is 9.17. The zero-order valence-electron chi connectivity index (χ0n) is 11.7. The molecule has 0 bridgehead atoms. The number of hydrogen-bond donors (Lipinski definition) is 2. The maximum Gasteiger partial charge on any atom is 0.0635 e. The van der Waals surface area contributed by atoms with Crippen molar-refractivity contribution in [3.05, 3.63) is 28.2 Å². The van der Waals surface area contributed by atoms with E-state index in [-0.39, 0.29) is 12.6 Å². The predicted octanol–water partition coefficient (Wildman–Crippen LogP) is 3.08. The Balaban J connectivity index is 2.19. The fourth-order valence-electron chi connectivity index (χ4n) is 2.79. The van der Waals surface area contributed by atoms with Gasteiger partial charge in [-0.05, 0) is 59.9 Å². The fraction of sp³-hybridized carbons (Fsp3) is 0.600. The molecule has 1 aliphatic heterocycles. The second kappa shape index (κ2) is 6.73. The Bertz CT molecular complexity index is 425. The molecule has 1 fully saturated rings. The molecule has 0 saturated carbocycles. The van der Waals surface area contributed by atoms with Crippen LogP contribution in [-0.2, 0) is 0 Å². The van der Waals surface area contributed by atoms with Gasteiger partial charge in [-0.25, -0.2) is 0 Å². The molecule has 2 rings (SSSR count). The van der Waals surface area contributed by atoms with Crippen LogP contribution in [0.2, 0.25) is 0 Å². The molecule has 3 nitrogen and oxygen atoms in total. The number of nitrogens with one attached hydrogen (secondary N) is 1. The molecule has 1 aromatic rings. The number of aliphatic hydroxyl groups is 1. The molecular formula is C15H23BrN2O. The Morgan fingerprint density at radius 3 is 2.95 bits per heavy atom. The standard InChI is InChI=1S/C15H23BrN2O/c1-3-17-11(2)12-6-7-15(14(16)9-12)18-8-4-5-13(18)10-19/h6-7,9,11,13,17,19H,3-5,8,10H2,1-2H3. The first-order valence-electron chi connectivity index (χ1n) is 7.07. The number of hydrogen-bond acceptors (Lipinski definition) is 3. The van der Waals surface area contributed by atoms with Crippen LogP contribution in [0.4, 0.5) is 5.69 Å². The molecule has 0 amide bonds. The molecule has 0 spiro atoms. The second-order valence-corrected chi connectivity index (χ2v) is 6.02. The van der Waals surface area contributed by atoms with Crippen molar-refractivity contribution in [2.24, 2.45) is 0 Å². The monoisotopic (exact) mass is 326 g/mol. The van der Waals surface area contributed by atoms with E-state index in [4.69, 9.17) is 0 Å². The molecule has 1 aliphatic rings. The van der Waals surface area contributed by atoms with Crippen LogP contribution in [0.3, 0.4) is 0 Å². The number of aliphatic hydroxyl groups excluding tert-OH is 1. The molecule has 1 aromatic carbocycles. The van der Waals surface area contributed by atoms with Crippen molar-refractivity contribution < 1.29 is 5.11 Å². The maximum atomic E-state index is 9.43. The average molecular weight is 327 g/mol. The van der Waals surface area contributed by atoms with Gasteiger partial charge < -0.3 is 15.3 Å². The van der Waals surface area contributed by atoms with E-state index in [2.05, 4.69) is 58.2 Å². The molecule has 19 heavy (non-hydrogen) atoms. The minimum Gasteiger partial charge on any atom is -0.394 e. The van der Waals surface area contributed by atoms with Crippen molar-refractivity contribution in [2.45, 2.75) is 38.8 Å². The largest absolute Gasteiger partial charge is 0.394 e. The lowest BCUT2D eigenvalue weighted by Crippen LogP contribution is -2.32. The molecule has 2 atom stereocenters. The summed E-state index contributed by atoms with van der Waals surface area (Å²) in [5.41, 5.74) is 2.49. The number of nitrogens with zero attached hydrogens (tertiary/aromatic N) is 1. The zero-order chi connectivity index (χ0) is 13.8. The third kappa shape index (κ3) is 3.30. The summed E-state index contributed by atoms with van der Waals surface area (Å²) in [7, 11) is 0. The van der Waals surface area contributed by atoms with Crippen LogP contribution in [0.25, 0.3) is 0 Å². The first-order valence-corrected chi connectivity index (χ1v) is 7.87. The molecule has 4 heteroatoms. The smallest absolute Gasteiger partial charge is 0.0635 e. The molecule has 0 aliphatic carbocycles. The van der Waals surface area contributed by atoms with E-state index >= 15 is 0 Å². The molecule has 2 N–H and O–H groups in total. The van der Waals surface area contributed by atoms with Crippen LogP contribution in [-0.4, -0.2) is 30.8 Å². The highest BCUT2D eigenvalue weighted by molar-refractivity contribution is 9.10. The first kappa shape index (κ1) is 14.8. The lowest BCUT2D eigenvalue weighted by atomic mass is 10.1. The third-order valence-corrected chi connectivity index (χ3v) is 4.51. The van der Waals surface area contributed by atoms with Gasteiger partial charge in [-0.15, -0.1) is 0 Å². The quantitative estimate of drug-likeness (QED) is 0.872. The minimum atomic E-state index is 0.238. The van der Waals surface area contributed by atoms with E-state index in [9.17, 15) is 5.11 Å². The lowest BCUT2D eigenvalue weighted by Gasteiger charge is -2.27. The van der Waals surface area contributed by atoms with Gasteiger partial charge in [-0.1, -0.05) is 13.0 Å². The van der Waals surface area contributed by atoms with E-state index in [1.54, 1.807) is 0 Å². The van der Waals surface area contributed by atoms with E-state index in [1.807, 2.05) is 0 Å². The molecular weight excluding hydrogens is 304 g/mol. The molecule has 1 saturated heterocycles. The molecule has 0 aromatic heterocycles. The lowest BCUT2D eigenvalue weighted by molar-refractivity contribution is 0.266. The van der Waals surface area contributed by atoms with Gasteiger partial charge in [0.05, 0.1) is 18.3 Å². The summed E-state index contributed by atoms with van der Waals surface area (Å²) in [6.45, 7) is 6.54. The van der Waals surface area contributed by atoms with Crippen LogP contribution < -0.4 is 10.2 Å². The Hall–Kier alpha value is -0.580. The van der Waals surface area contributed by atoms with Gasteiger partial charge >= 0.3 is 0 Å². The Labute approximate surface area is 124 Å². The highest BCUT2D eigenvalue weighted by Gasteiger charge is 2.25. The van der Waals surface area contributed by atoms with E-state index < -0.39 is 0 Å². The topological polar surface area (TPSA) is 35.5 Å². The molecule has 1 heterocycles. The van der Waals surface area contributed by atoms with Crippen LogP contribution in [0.5, 0.6) is 0 Å². The van der Waals surface area contributed by atoms with Crippen LogP contribution in [0, 0.1) is 0 Å². The van der Waals surface area contributed by atoms with Gasteiger partial charge in [0.15, 0.2) is 0 Å². The number of halogens is 1. The maximum absolute atomic E-state index is 9.43. The Kier molecular flexibility index (Phi) is 5.25. The van der Waals surface area contributed by atoms with Crippen LogP contribution in [0.15, 0.2) is 22.7 Å². The summed E-state index contributed by atoms with van der Waals surface area (Å²) in [6, 6.07) is 7.17. The third-order valence-electron chi connectivity index (χ3n) is 3.88. The highest BCUT2D eigenvalue weighted by atomic mass is 79.9. The molecule has 0 radical (unpaired) electrons. The van der Waals surface area contributed by atoms with Crippen molar-refractivity contribution in [3.63, 3.8) is 0 Å². The van der Waals surface area contributed by atoms with E-state index in [0.717, 1.165) is 30.4 Å². The fourth-order valence-corrected chi connectivity index (χ4v) is 3.42.